The number of benzene rings is 3. The van der Waals surface area contributed by atoms with Crippen LogP contribution in [-0.4, -0.2) is 16.3 Å². The molecule has 0 radical (unpaired) electrons. The van der Waals surface area contributed by atoms with E-state index in [4.69, 9.17) is 16.7 Å². The van der Waals surface area contributed by atoms with Crippen LogP contribution in [0.3, 0.4) is 0 Å². The molecule has 3 aromatic carbocycles. The Bertz CT molecular complexity index is 1270. The van der Waals surface area contributed by atoms with Crippen LogP contribution < -0.4 is 5.32 Å². The van der Waals surface area contributed by atoms with Crippen molar-refractivity contribution in [2.24, 2.45) is 0 Å². The topological polar surface area (TPSA) is 29.9 Å². The molecule has 31 heavy (non-hydrogen) atoms. The number of nitrogens with zero attached hydrogens (tertiary/aromatic N) is 2. The quantitative estimate of drug-likeness (QED) is 0.359. The second-order valence-corrected chi connectivity index (χ2v) is 8.09. The summed E-state index contributed by atoms with van der Waals surface area (Å²) in [5.41, 5.74) is 1.73. The van der Waals surface area contributed by atoms with E-state index in [9.17, 15) is 13.2 Å². The van der Waals surface area contributed by atoms with Gasteiger partial charge in [0.25, 0.3) is 0 Å². The number of aromatic nitrogens is 2. The van der Waals surface area contributed by atoms with E-state index in [1.165, 1.54) is 16.8 Å². The highest BCUT2D eigenvalue weighted by molar-refractivity contribution is 6.30. The second-order valence-electron chi connectivity index (χ2n) is 7.66. The highest BCUT2D eigenvalue weighted by Gasteiger charge is 2.36. The first-order chi connectivity index (χ1) is 14.9. The molecule has 0 fully saturated rings. The largest absolute Gasteiger partial charge is 0.418 e. The third kappa shape index (κ3) is 3.55. The number of halogens is 4. The molecule has 1 aliphatic rings. The molecule has 7 heteroatoms. The lowest BCUT2D eigenvalue weighted by atomic mass is 9.98. The molecule has 1 aromatic heterocycles. The number of anilines is 1. The first-order valence-corrected chi connectivity index (χ1v) is 10.5. The summed E-state index contributed by atoms with van der Waals surface area (Å²) in [6, 6.07) is 17.7. The van der Waals surface area contributed by atoms with Crippen LogP contribution >= 0.6 is 11.6 Å². The third-order valence-corrected chi connectivity index (χ3v) is 5.90. The van der Waals surface area contributed by atoms with Gasteiger partial charge in [-0.1, -0.05) is 54.1 Å². The number of alkyl halides is 3. The summed E-state index contributed by atoms with van der Waals surface area (Å²) in [5, 5.41) is 10.2. The molecule has 0 bridgehead atoms. The van der Waals surface area contributed by atoms with Crippen LogP contribution in [0.1, 0.15) is 24.0 Å². The molecule has 158 valence electrons. The zero-order valence-electron chi connectivity index (χ0n) is 16.5. The van der Waals surface area contributed by atoms with Crippen molar-refractivity contribution in [3.8, 4) is 16.9 Å². The highest BCUT2D eigenvalue weighted by Crippen LogP contribution is 2.41. The first-order valence-electron chi connectivity index (χ1n) is 10.1. The van der Waals surface area contributed by atoms with E-state index in [0.29, 0.717) is 18.1 Å². The summed E-state index contributed by atoms with van der Waals surface area (Å²) in [4.78, 5) is 0. The average Bonchev–Trinajstić information content (AvgIpc) is 2.93. The van der Waals surface area contributed by atoms with Gasteiger partial charge < -0.3 is 5.32 Å². The molecule has 0 spiro atoms. The molecule has 5 rings (SSSR count). The van der Waals surface area contributed by atoms with Gasteiger partial charge in [-0.25, -0.2) is 4.68 Å². The minimum atomic E-state index is -4.55. The molecule has 0 saturated carbocycles. The Hall–Kier alpha value is -2.99. The molecule has 3 nitrogen and oxygen atoms in total. The van der Waals surface area contributed by atoms with Gasteiger partial charge in [-0.15, -0.1) is 0 Å². The average molecular weight is 442 g/mol. The third-order valence-electron chi connectivity index (χ3n) is 5.67. The van der Waals surface area contributed by atoms with Crippen molar-refractivity contribution in [3.63, 3.8) is 0 Å². The number of rotatable bonds is 2. The van der Waals surface area contributed by atoms with Crippen molar-refractivity contribution in [3.05, 3.63) is 76.8 Å². The van der Waals surface area contributed by atoms with Gasteiger partial charge in [-0.05, 0) is 48.2 Å². The van der Waals surface area contributed by atoms with Crippen LogP contribution in [0.4, 0.5) is 19.0 Å². The lowest BCUT2D eigenvalue weighted by Crippen LogP contribution is -2.14. The fourth-order valence-corrected chi connectivity index (χ4v) is 4.42. The predicted octanol–water partition coefficient (Wildman–Crippen LogP) is 7.11. The Kier molecular flexibility index (Phi) is 4.89. The van der Waals surface area contributed by atoms with E-state index in [0.717, 1.165) is 47.2 Å². The SMILES string of the molecule is FC(F)(F)c1cc(Cl)ccc1-n1nc(-c2cccc3ccccc23)c2c1NCCCC2. The molecule has 0 aliphatic carbocycles. The maximum absolute atomic E-state index is 13.8. The Morgan fingerprint density at radius 3 is 2.61 bits per heavy atom. The smallest absolute Gasteiger partial charge is 0.370 e. The number of nitrogens with one attached hydrogen (secondary N) is 1. The van der Waals surface area contributed by atoms with Gasteiger partial charge in [0.15, 0.2) is 0 Å². The van der Waals surface area contributed by atoms with Crippen molar-refractivity contribution in [2.45, 2.75) is 25.4 Å². The standard InChI is InChI=1S/C24H19ClF3N3/c25-16-11-12-21(20(14-16)24(26,27)28)31-23-19(9-3-4-13-29-23)22(30-31)18-10-5-7-15-6-1-2-8-17(15)18/h1-2,5-8,10-12,14,29H,3-4,9,13H2. The minimum Gasteiger partial charge on any atom is -0.370 e. The fourth-order valence-electron chi connectivity index (χ4n) is 4.24. The normalized spacial score (nSPS) is 14.2. The lowest BCUT2D eigenvalue weighted by Gasteiger charge is -2.16. The minimum absolute atomic E-state index is 0.0333. The van der Waals surface area contributed by atoms with Gasteiger partial charge in [-0.3, -0.25) is 0 Å². The van der Waals surface area contributed by atoms with E-state index in [2.05, 4.69) is 5.32 Å². The van der Waals surface area contributed by atoms with Crippen LogP contribution in [0.2, 0.25) is 5.02 Å². The van der Waals surface area contributed by atoms with E-state index in [1.807, 2.05) is 42.5 Å². The van der Waals surface area contributed by atoms with Gasteiger partial charge in [0, 0.05) is 22.7 Å². The van der Waals surface area contributed by atoms with Gasteiger partial charge in [0.1, 0.15) is 5.82 Å². The molecule has 1 aliphatic heterocycles. The van der Waals surface area contributed by atoms with Crippen LogP contribution in [-0.2, 0) is 12.6 Å². The summed E-state index contributed by atoms with van der Waals surface area (Å²) in [7, 11) is 0. The maximum Gasteiger partial charge on any atom is 0.418 e. The molecule has 0 amide bonds. The Morgan fingerprint density at radius 2 is 1.77 bits per heavy atom. The Morgan fingerprint density at radius 1 is 0.968 bits per heavy atom. The van der Waals surface area contributed by atoms with Crippen LogP contribution in [0.25, 0.3) is 27.7 Å². The predicted molar refractivity (Wildman–Crippen MR) is 118 cm³/mol. The molecular formula is C24H19ClF3N3. The van der Waals surface area contributed by atoms with Gasteiger partial charge in [0.2, 0.25) is 0 Å². The summed E-state index contributed by atoms with van der Waals surface area (Å²) in [5.74, 6) is 0.619. The van der Waals surface area contributed by atoms with E-state index >= 15 is 0 Å². The van der Waals surface area contributed by atoms with Crippen molar-refractivity contribution < 1.29 is 13.2 Å². The molecule has 4 aromatic rings. The summed E-state index contributed by atoms with van der Waals surface area (Å²) in [6.07, 6.45) is -1.92. The van der Waals surface area contributed by atoms with Gasteiger partial charge >= 0.3 is 6.18 Å². The number of hydrogen-bond donors (Lipinski definition) is 1. The van der Waals surface area contributed by atoms with E-state index in [1.54, 1.807) is 0 Å². The van der Waals surface area contributed by atoms with Crippen LogP contribution in [0.15, 0.2) is 60.7 Å². The zero-order chi connectivity index (χ0) is 21.6. The van der Waals surface area contributed by atoms with E-state index in [-0.39, 0.29) is 10.7 Å². The van der Waals surface area contributed by atoms with Crippen molar-refractivity contribution in [2.75, 3.05) is 11.9 Å². The number of hydrogen-bond acceptors (Lipinski definition) is 2. The van der Waals surface area contributed by atoms with Gasteiger partial charge in [-0.2, -0.15) is 18.3 Å². The maximum atomic E-state index is 13.8. The van der Waals surface area contributed by atoms with Gasteiger partial charge in [0.05, 0.1) is 16.9 Å². The van der Waals surface area contributed by atoms with E-state index < -0.39 is 11.7 Å². The molecule has 2 heterocycles. The fraction of sp³-hybridized carbons (Fsp3) is 0.208. The number of fused-ring (bicyclic) bond motifs is 2. The van der Waals surface area contributed by atoms with Crippen LogP contribution in [0.5, 0.6) is 0 Å². The molecule has 1 N–H and O–H groups in total. The van der Waals surface area contributed by atoms with Crippen molar-refractivity contribution in [1.29, 1.82) is 0 Å². The monoisotopic (exact) mass is 441 g/mol. The second kappa shape index (κ2) is 7.61. The zero-order valence-corrected chi connectivity index (χ0v) is 17.3. The van der Waals surface area contributed by atoms with Crippen molar-refractivity contribution in [1.82, 2.24) is 9.78 Å². The van der Waals surface area contributed by atoms with Crippen molar-refractivity contribution >= 4 is 28.2 Å². The molecule has 0 saturated heterocycles. The highest BCUT2D eigenvalue weighted by atomic mass is 35.5. The Labute approximate surface area is 182 Å². The first kappa shape index (κ1) is 19.9. The molecule has 0 unspecified atom stereocenters. The molecule has 0 atom stereocenters. The lowest BCUT2D eigenvalue weighted by molar-refractivity contribution is -0.137. The summed E-state index contributed by atoms with van der Waals surface area (Å²) < 4.78 is 42.9. The molecular weight excluding hydrogens is 423 g/mol. The Balaban J connectivity index is 1.80. The summed E-state index contributed by atoms with van der Waals surface area (Å²) in [6.45, 7) is 0.683. The summed E-state index contributed by atoms with van der Waals surface area (Å²) >= 11 is 5.90. The van der Waals surface area contributed by atoms with Crippen LogP contribution in [0, 0.1) is 0 Å².